The molecule has 1 fully saturated rings. The number of ether oxygens (including phenoxy) is 1. The van der Waals surface area contributed by atoms with Crippen LogP contribution in [0.3, 0.4) is 0 Å². The zero-order valence-electron chi connectivity index (χ0n) is 18.1. The Hall–Kier alpha value is -3.65. The van der Waals surface area contributed by atoms with E-state index in [0.717, 1.165) is 5.56 Å². The highest BCUT2D eigenvalue weighted by Gasteiger charge is 2.28. The summed E-state index contributed by atoms with van der Waals surface area (Å²) in [5, 5.41) is 0. The normalized spacial score (nSPS) is 15.9. The van der Waals surface area contributed by atoms with Gasteiger partial charge in [0.25, 0.3) is 0 Å². The summed E-state index contributed by atoms with van der Waals surface area (Å²) in [5.41, 5.74) is 8.72. The molecular weight excluding hydrogens is 423 g/mol. The van der Waals surface area contributed by atoms with Gasteiger partial charge in [0.15, 0.2) is 0 Å². The quantitative estimate of drug-likeness (QED) is 0.598. The smallest absolute Gasteiger partial charge is 0.248 e. The fraction of sp³-hybridized carbons (Fsp3) is 0.280. The zero-order valence-corrected chi connectivity index (χ0v) is 18.1. The number of aryl methyl sites for hydroxylation is 1. The van der Waals surface area contributed by atoms with Crippen LogP contribution in [-0.2, 0) is 16.0 Å². The van der Waals surface area contributed by atoms with Gasteiger partial charge in [-0.05, 0) is 42.7 Å². The van der Waals surface area contributed by atoms with E-state index in [1.165, 1.54) is 12.1 Å². The highest BCUT2D eigenvalue weighted by Crippen LogP contribution is 2.29. The average Bonchev–Trinajstić information content (AvgIpc) is 2.85. The fourth-order valence-corrected chi connectivity index (χ4v) is 3.92. The maximum absolute atomic E-state index is 13.0. The standard InChI is InChI=1S/C25H25FN4O3/c26-20-9-7-17(8-10-20)3-1-6-22(31)30-13-14-33-21(16-30)24-23(28-11-12-29-24)18-4-2-5-19(15-18)25(27)32/h2,4-5,7-12,15,21H,1,3,6,13-14,16H2,(H2,27,32). The predicted molar refractivity (Wildman–Crippen MR) is 121 cm³/mol. The molecule has 2 heterocycles. The largest absolute Gasteiger partial charge is 0.368 e. The van der Waals surface area contributed by atoms with E-state index in [1.54, 1.807) is 47.6 Å². The monoisotopic (exact) mass is 448 g/mol. The van der Waals surface area contributed by atoms with Crippen LogP contribution in [0.15, 0.2) is 60.9 Å². The predicted octanol–water partition coefficient (Wildman–Crippen LogP) is 3.30. The fourth-order valence-electron chi connectivity index (χ4n) is 3.92. The van der Waals surface area contributed by atoms with Gasteiger partial charge in [-0.15, -0.1) is 0 Å². The van der Waals surface area contributed by atoms with E-state index in [0.29, 0.717) is 61.5 Å². The van der Waals surface area contributed by atoms with Crippen LogP contribution in [-0.4, -0.2) is 46.4 Å². The Balaban J connectivity index is 1.43. The second-order valence-electron chi connectivity index (χ2n) is 7.91. The number of benzene rings is 2. The number of nitrogens with zero attached hydrogens (tertiary/aromatic N) is 3. The van der Waals surface area contributed by atoms with Crippen LogP contribution in [0.1, 0.15) is 40.6 Å². The van der Waals surface area contributed by atoms with Crippen molar-refractivity contribution in [3.63, 3.8) is 0 Å². The Bertz CT molecular complexity index is 1140. The van der Waals surface area contributed by atoms with Crippen molar-refractivity contribution in [1.82, 2.24) is 14.9 Å². The Labute approximate surface area is 191 Å². The molecule has 8 heteroatoms. The van der Waals surface area contributed by atoms with Crippen molar-refractivity contribution < 1.29 is 18.7 Å². The third-order valence-electron chi connectivity index (χ3n) is 5.64. The first-order valence-corrected chi connectivity index (χ1v) is 10.9. The van der Waals surface area contributed by atoms with Gasteiger partial charge in [-0.3, -0.25) is 19.6 Å². The number of aromatic nitrogens is 2. The molecule has 1 saturated heterocycles. The van der Waals surface area contributed by atoms with Crippen molar-refractivity contribution in [2.75, 3.05) is 19.7 Å². The second kappa shape index (κ2) is 10.3. The minimum atomic E-state index is -0.520. The van der Waals surface area contributed by atoms with Crippen molar-refractivity contribution in [3.05, 3.63) is 83.6 Å². The van der Waals surface area contributed by atoms with Crippen molar-refractivity contribution in [2.45, 2.75) is 25.4 Å². The third-order valence-corrected chi connectivity index (χ3v) is 5.64. The topological polar surface area (TPSA) is 98.4 Å². The van der Waals surface area contributed by atoms with E-state index in [4.69, 9.17) is 10.5 Å². The summed E-state index contributed by atoms with van der Waals surface area (Å²) in [6.45, 7) is 1.28. The molecule has 0 saturated carbocycles. The molecule has 0 spiro atoms. The molecule has 170 valence electrons. The molecule has 1 aromatic heterocycles. The number of nitrogens with two attached hydrogens (primary N) is 1. The summed E-state index contributed by atoms with van der Waals surface area (Å²) in [6, 6.07) is 13.2. The number of hydrogen-bond acceptors (Lipinski definition) is 5. The summed E-state index contributed by atoms with van der Waals surface area (Å²) in [7, 11) is 0. The average molecular weight is 448 g/mol. The van der Waals surface area contributed by atoms with Crippen LogP contribution >= 0.6 is 0 Å². The Morgan fingerprint density at radius 3 is 2.70 bits per heavy atom. The van der Waals surface area contributed by atoms with E-state index in [9.17, 15) is 14.0 Å². The van der Waals surface area contributed by atoms with E-state index < -0.39 is 12.0 Å². The van der Waals surface area contributed by atoms with Crippen molar-refractivity contribution in [1.29, 1.82) is 0 Å². The number of halogens is 1. The number of primary amides is 1. The summed E-state index contributed by atoms with van der Waals surface area (Å²) in [6.07, 6.45) is 4.53. The second-order valence-corrected chi connectivity index (χ2v) is 7.91. The first-order chi connectivity index (χ1) is 16.0. The van der Waals surface area contributed by atoms with Gasteiger partial charge >= 0.3 is 0 Å². The molecule has 7 nitrogen and oxygen atoms in total. The first-order valence-electron chi connectivity index (χ1n) is 10.9. The first kappa shape index (κ1) is 22.5. The summed E-state index contributed by atoms with van der Waals surface area (Å²) in [4.78, 5) is 35.1. The highest BCUT2D eigenvalue weighted by molar-refractivity contribution is 5.94. The minimum Gasteiger partial charge on any atom is -0.368 e. The SMILES string of the molecule is NC(=O)c1cccc(-c2nccnc2C2CN(C(=O)CCCc3ccc(F)cc3)CCO2)c1. The Kier molecular flexibility index (Phi) is 7.04. The van der Waals surface area contributed by atoms with Gasteiger partial charge in [-0.25, -0.2) is 4.39 Å². The number of hydrogen-bond donors (Lipinski definition) is 1. The third kappa shape index (κ3) is 5.59. The number of amides is 2. The molecule has 1 aliphatic heterocycles. The minimum absolute atomic E-state index is 0.0478. The summed E-state index contributed by atoms with van der Waals surface area (Å²) >= 11 is 0. The molecule has 2 N–H and O–H groups in total. The number of carbonyl (C=O) groups excluding carboxylic acids is 2. The molecule has 1 aliphatic rings. The van der Waals surface area contributed by atoms with Gasteiger partial charge in [0.2, 0.25) is 11.8 Å². The van der Waals surface area contributed by atoms with E-state index >= 15 is 0 Å². The number of rotatable bonds is 7. The lowest BCUT2D eigenvalue weighted by Gasteiger charge is -2.33. The van der Waals surface area contributed by atoms with Gasteiger partial charge in [-0.1, -0.05) is 24.3 Å². The highest BCUT2D eigenvalue weighted by atomic mass is 19.1. The molecule has 2 aromatic carbocycles. The Morgan fingerprint density at radius 1 is 1.12 bits per heavy atom. The Morgan fingerprint density at radius 2 is 1.91 bits per heavy atom. The van der Waals surface area contributed by atoms with Gasteiger partial charge < -0.3 is 15.4 Å². The van der Waals surface area contributed by atoms with Gasteiger partial charge in [0.1, 0.15) is 11.9 Å². The summed E-state index contributed by atoms with van der Waals surface area (Å²) < 4.78 is 19.0. The van der Waals surface area contributed by atoms with Crippen molar-refractivity contribution >= 4 is 11.8 Å². The molecular formula is C25H25FN4O3. The van der Waals surface area contributed by atoms with Crippen molar-refractivity contribution in [2.24, 2.45) is 5.73 Å². The summed E-state index contributed by atoms with van der Waals surface area (Å²) in [5.74, 6) is -0.737. The van der Waals surface area contributed by atoms with Crippen LogP contribution < -0.4 is 5.73 Å². The van der Waals surface area contributed by atoms with Crippen LogP contribution in [0.4, 0.5) is 4.39 Å². The van der Waals surface area contributed by atoms with Crippen LogP contribution in [0.2, 0.25) is 0 Å². The van der Waals surface area contributed by atoms with E-state index in [1.807, 2.05) is 6.07 Å². The maximum atomic E-state index is 13.0. The molecule has 2 amide bonds. The number of carbonyl (C=O) groups is 2. The lowest BCUT2D eigenvalue weighted by atomic mass is 10.0. The molecule has 4 rings (SSSR count). The van der Waals surface area contributed by atoms with E-state index in [-0.39, 0.29) is 11.7 Å². The van der Waals surface area contributed by atoms with Crippen molar-refractivity contribution in [3.8, 4) is 11.3 Å². The van der Waals surface area contributed by atoms with Gasteiger partial charge in [0, 0.05) is 36.5 Å². The molecule has 33 heavy (non-hydrogen) atoms. The van der Waals surface area contributed by atoms with Crippen LogP contribution in [0.25, 0.3) is 11.3 Å². The van der Waals surface area contributed by atoms with Crippen LogP contribution in [0, 0.1) is 5.82 Å². The van der Waals surface area contributed by atoms with Crippen LogP contribution in [0.5, 0.6) is 0 Å². The molecule has 1 atom stereocenters. The molecule has 3 aromatic rings. The van der Waals surface area contributed by atoms with E-state index in [2.05, 4.69) is 9.97 Å². The molecule has 0 aliphatic carbocycles. The molecule has 1 unspecified atom stereocenters. The molecule has 0 bridgehead atoms. The van der Waals surface area contributed by atoms with Gasteiger partial charge in [-0.2, -0.15) is 0 Å². The number of morpholine rings is 1. The maximum Gasteiger partial charge on any atom is 0.248 e. The lowest BCUT2D eigenvalue weighted by molar-refractivity contribution is -0.139. The zero-order chi connectivity index (χ0) is 23.2. The van der Waals surface area contributed by atoms with Gasteiger partial charge in [0.05, 0.1) is 24.5 Å². The lowest BCUT2D eigenvalue weighted by Crippen LogP contribution is -2.42. The molecule has 0 radical (unpaired) electrons.